The van der Waals surface area contributed by atoms with Crippen LogP contribution < -0.4 is 11.1 Å². The summed E-state index contributed by atoms with van der Waals surface area (Å²) >= 11 is 0. The molecule has 2 rings (SSSR count). The van der Waals surface area contributed by atoms with E-state index >= 15 is 0 Å². The smallest absolute Gasteiger partial charge is 0.125 e. The lowest BCUT2D eigenvalue weighted by molar-refractivity contribution is 0.609. The number of hydrogen-bond acceptors (Lipinski definition) is 5. The molecule has 0 atom stereocenters. The topological polar surface area (TPSA) is 81.6 Å². The number of nitrogens with one attached hydrogen (secondary N) is 1. The average molecular weight is 204 g/mol. The van der Waals surface area contributed by atoms with Crippen molar-refractivity contribution in [3.63, 3.8) is 0 Å². The molecule has 6 heteroatoms. The molecule has 0 saturated heterocycles. The van der Waals surface area contributed by atoms with Crippen LogP contribution in [0.2, 0.25) is 0 Å². The molecule has 0 spiro atoms. The van der Waals surface area contributed by atoms with Crippen LogP contribution in [-0.2, 0) is 6.54 Å². The van der Waals surface area contributed by atoms with E-state index in [4.69, 9.17) is 5.73 Å². The van der Waals surface area contributed by atoms with Crippen LogP contribution in [0.4, 0.5) is 11.5 Å². The fourth-order valence-electron chi connectivity index (χ4n) is 1.23. The van der Waals surface area contributed by atoms with Crippen molar-refractivity contribution in [2.45, 2.75) is 6.54 Å². The van der Waals surface area contributed by atoms with Crippen molar-refractivity contribution in [3.05, 3.63) is 30.7 Å². The van der Waals surface area contributed by atoms with Crippen LogP contribution in [0.3, 0.4) is 0 Å². The minimum absolute atomic E-state index is 0.515. The predicted molar refractivity (Wildman–Crippen MR) is 57.2 cm³/mol. The lowest BCUT2D eigenvalue weighted by Gasteiger charge is -2.05. The Balaban J connectivity index is 1.83. The van der Waals surface area contributed by atoms with Crippen molar-refractivity contribution in [2.24, 2.45) is 0 Å². The highest BCUT2D eigenvalue weighted by Gasteiger charge is 1.94. The fraction of sp³-hybridized carbons (Fsp3) is 0.222. The molecule has 0 fully saturated rings. The van der Waals surface area contributed by atoms with Gasteiger partial charge in [-0.1, -0.05) is 5.21 Å². The molecule has 2 heterocycles. The second-order valence-electron chi connectivity index (χ2n) is 3.06. The van der Waals surface area contributed by atoms with Crippen molar-refractivity contribution in [3.8, 4) is 0 Å². The molecule has 15 heavy (non-hydrogen) atoms. The van der Waals surface area contributed by atoms with Gasteiger partial charge in [-0.3, -0.25) is 4.68 Å². The number of rotatable bonds is 4. The van der Waals surface area contributed by atoms with E-state index in [0.717, 1.165) is 18.8 Å². The Bertz CT molecular complexity index is 410. The van der Waals surface area contributed by atoms with Gasteiger partial charge >= 0.3 is 0 Å². The maximum atomic E-state index is 5.55. The van der Waals surface area contributed by atoms with Crippen LogP contribution in [0.1, 0.15) is 0 Å². The third-order valence-corrected chi connectivity index (χ3v) is 1.92. The lowest BCUT2D eigenvalue weighted by atomic mass is 10.4. The molecule has 0 saturated carbocycles. The van der Waals surface area contributed by atoms with Gasteiger partial charge in [-0.15, -0.1) is 5.10 Å². The van der Waals surface area contributed by atoms with Crippen molar-refractivity contribution < 1.29 is 0 Å². The van der Waals surface area contributed by atoms with Gasteiger partial charge < -0.3 is 11.1 Å². The third kappa shape index (κ3) is 2.67. The molecule has 6 nitrogen and oxygen atoms in total. The Hall–Kier alpha value is -2.11. The van der Waals surface area contributed by atoms with E-state index in [2.05, 4.69) is 20.6 Å². The van der Waals surface area contributed by atoms with Crippen molar-refractivity contribution >= 4 is 11.5 Å². The summed E-state index contributed by atoms with van der Waals surface area (Å²) in [5, 5.41) is 10.8. The monoisotopic (exact) mass is 204 g/mol. The van der Waals surface area contributed by atoms with E-state index in [1.54, 1.807) is 23.1 Å². The first-order valence-electron chi connectivity index (χ1n) is 4.64. The number of nitrogen functional groups attached to an aromatic ring is 1. The van der Waals surface area contributed by atoms with E-state index in [1.807, 2.05) is 12.3 Å². The summed E-state index contributed by atoms with van der Waals surface area (Å²) in [6.07, 6.45) is 5.15. The first-order valence-corrected chi connectivity index (χ1v) is 4.64. The van der Waals surface area contributed by atoms with Gasteiger partial charge in [-0.25, -0.2) is 4.98 Å². The summed E-state index contributed by atoms with van der Waals surface area (Å²) in [7, 11) is 0. The number of nitrogens with two attached hydrogens (primary N) is 1. The maximum Gasteiger partial charge on any atom is 0.125 e. The Morgan fingerprint density at radius 3 is 3.07 bits per heavy atom. The number of anilines is 2. The zero-order valence-electron chi connectivity index (χ0n) is 8.17. The van der Waals surface area contributed by atoms with Crippen LogP contribution in [-0.4, -0.2) is 26.5 Å². The molecular formula is C9H12N6. The van der Waals surface area contributed by atoms with Gasteiger partial charge in [-0.2, -0.15) is 0 Å². The third-order valence-electron chi connectivity index (χ3n) is 1.92. The maximum absolute atomic E-state index is 5.55. The minimum Gasteiger partial charge on any atom is -0.384 e. The molecule has 0 unspecified atom stereocenters. The quantitative estimate of drug-likeness (QED) is 0.751. The summed E-state index contributed by atoms with van der Waals surface area (Å²) in [6, 6.07) is 3.67. The summed E-state index contributed by atoms with van der Waals surface area (Å²) < 4.78 is 1.76. The molecule has 0 aromatic carbocycles. The van der Waals surface area contributed by atoms with Crippen molar-refractivity contribution in [1.29, 1.82) is 0 Å². The van der Waals surface area contributed by atoms with Gasteiger partial charge in [0, 0.05) is 30.7 Å². The molecule has 78 valence electrons. The second kappa shape index (κ2) is 4.41. The highest BCUT2D eigenvalue weighted by Crippen LogP contribution is 2.07. The zero-order chi connectivity index (χ0) is 10.5. The standard InChI is InChI=1S/C9H12N6/c10-9-7-8(1-2-12-9)11-3-5-15-6-4-13-14-15/h1-2,4,6-7H,3,5H2,(H3,10,11,12). The van der Waals surface area contributed by atoms with Crippen molar-refractivity contribution in [1.82, 2.24) is 20.0 Å². The van der Waals surface area contributed by atoms with E-state index in [-0.39, 0.29) is 0 Å². The molecule has 2 aromatic heterocycles. The van der Waals surface area contributed by atoms with E-state index < -0.39 is 0 Å². The van der Waals surface area contributed by atoms with Gasteiger partial charge in [0.1, 0.15) is 5.82 Å². The number of nitrogens with zero attached hydrogens (tertiary/aromatic N) is 4. The van der Waals surface area contributed by atoms with E-state index in [1.165, 1.54) is 0 Å². The fourth-order valence-corrected chi connectivity index (χ4v) is 1.23. The molecule has 0 radical (unpaired) electrons. The zero-order valence-corrected chi connectivity index (χ0v) is 8.17. The van der Waals surface area contributed by atoms with Crippen molar-refractivity contribution in [2.75, 3.05) is 17.6 Å². The largest absolute Gasteiger partial charge is 0.384 e. The SMILES string of the molecule is Nc1cc(NCCn2ccnn2)ccn1. The Morgan fingerprint density at radius 2 is 2.33 bits per heavy atom. The molecule has 0 aliphatic heterocycles. The van der Waals surface area contributed by atoms with Crippen LogP contribution in [0.25, 0.3) is 0 Å². The van der Waals surface area contributed by atoms with Gasteiger partial charge in [-0.05, 0) is 6.07 Å². The molecule has 2 aromatic rings. The van der Waals surface area contributed by atoms with Gasteiger partial charge in [0.2, 0.25) is 0 Å². The average Bonchev–Trinajstić information content (AvgIpc) is 2.71. The summed E-state index contributed by atoms with van der Waals surface area (Å²) in [4.78, 5) is 3.91. The van der Waals surface area contributed by atoms with E-state index in [0.29, 0.717) is 5.82 Å². The number of pyridine rings is 1. The Kier molecular flexibility index (Phi) is 2.77. The van der Waals surface area contributed by atoms with Crippen LogP contribution in [0, 0.1) is 0 Å². The first-order chi connectivity index (χ1) is 7.34. The van der Waals surface area contributed by atoms with Crippen LogP contribution in [0.5, 0.6) is 0 Å². The lowest BCUT2D eigenvalue weighted by Crippen LogP contribution is -2.11. The van der Waals surface area contributed by atoms with Gasteiger partial charge in [0.15, 0.2) is 0 Å². The van der Waals surface area contributed by atoms with E-state index in [9.17, 15) is 0 Å². The Labute approximate surface area is 87.1 Å². The number of aromatic nitrogens is 4. The Morgan fingerprint density at radius 1 is 1.40 bits per heavy atom. The van der Waals surface area contributed by atoms with Gasteiger partial charge in [0.25, 0.3) is 0 Å². The number of hydrogen-bond donors (Lipinski definition) is 2. The highest BCUT2D eigenvalue weighted by atomic mass is 15.4. The first kappa shape index (κ1) is 9.45. The second-order valence-corrected chi connectivity index (χ2v) is 3.06. The molecule has 0 bridgehead atoms. The normalized spacial score (nSPS) is 10.1. The minimum atomic E-state index is 0.515. The summed E-state index contributed by atoms with van der Waals surface area (Å²) in [6.45, 7) is 1.54. The highest BCUT2D eigenvalue weighted by molar-refractivity contribution is 5.49. The molecular weight excluding hydrogens is 192 g/mol. The summed E-state index contributed by atoms with van der Waals surface area (Å²) in [5.41, 5.74) is 6.51. The van der Waals surface area contributed by atoms with Gasteiger partial charge in [0.05, 0.1) is 12.7 Å². The predicted octanol–water partition coefficient (Wildman–Crippen LogP) is 0.367. The summed E-state index contributed by atoms with van der Waals surface area (Å²) in [5.74, 6) is 0.515. The molecule has 0 aliphatic rings. The van der Waals surface area contributed by atoms with Crippen LogP contribution in [0.15, 0.2) is 30.7 Å². The van der Waals surface area contributed by atoms with Crippen LogP contribution >= 0.6 is 0 Å². The molecule has 0 amide bonds. The molecule has 0 aliphatic carbocycles. The molecule has 3 N–H and O–H groups in total.